The van der Waals surface area contributed by atoms with Gasteiger partial charge < -0.3 is 24.6 Å². The second-order valence-corrected chi connectivity index (χ2v) is 8.01. The van der Waals surface area contributed by atoms with Crippen LogP contribution in [0.4, 0.5) is 23.0 Å². The molecule has 1 aromatic carbocycles. The maximum Gasteiger partial charge on any atom is 0.337 e. The van der Waals surface area contributed by atoms with Crippen LogP contribution in [0.1, 0.15) is 35.7 Å². The van der Waals surface area contributed by atoms with Gasteiger partial charge in [0.2, 0.25) is 5.91 Å². The zero-order valence-corrected chi connectivity index (χ0v) is 18.3. The van der Waals surface area contributed by atoms with Gasteiger partial charge in [-0.1, -0.05) is 0 Å². The number of ether oxygens (including phenoxy) is 2. The quantitative estimate of drug-likeness (QED) is 0.754. The van der Waals surface area contributed by atoms with Gasteiger partial charge in [-0.15, -0.1) is 0 Å². The van der Waals surface area contributed by atoms with Crippen LogP contribution in [0.5, 0.6) is 0 Å². The van der Waals surface area contributed by atoms with Crippen LogP contribution in [0.3, 0.4) is 0 Å². The highest BCUT2D eigenvalue weighted by molar-refractivity contribution is 6.04. The van der Waals surface area contributed by atoms with E-state index in [0.717, 1.165) is 35.6 Å². The van der Waals surface area contributed by atoms with Crippen LogP contribution >= 0.6 is 0 Å². The van der Waals surface area contributed by atoms with E-state index in [2.05, 4.69) is 10.2 Å². The van der Waals surface area contributed by atoms with Gasteiger partial charge in [-0.3, -0.25) is 4.79 Å². The van der Waals surface area contributed by atoms with Crippen LogP contribution in [-0.2, 0) is 14.3 Å². The van der Waals surface area contributed by atoms with E-state index in [0.29, 0.717) is 24.6 Å². The molecule has 0 unspecified atom stereocenters. The Labute approximate surface area is 182 Å². The highest BCUT2D eigenvalue weighted by Crippen LogP contribution is 2.38. The fourth-order valence-corrected chi connectivity index (χ4v) is 4.30. The fourth-order valence-electron chi connectivity index (χ4n) is 4.30. The number of aryl methyl sites for hydroxylation is 1. The molecule has 1 N–H and O–H groups in total. The van der Waals surface area contributed by atoms with Crippen LogP contribution in [0.25, 0.3) is 0 Å². The molecule has 164 valence electrons. The summed E-state index contributed by atoms with van der Waals surface area (Å²) in [5.41, 5.74) is 3.07. The van der Waals surface area contributed by atoms with E-state index in [1.807, 2.05) is 32.0 Å². The normalized spacial score (nSPS) is 19.2. The van der Waals surface area contributed by atoms with Gasteiger partial charge in [0, 0.05) is 32.0 Å². The SMILES string of the molecule is COC(=O)c1ccc(Nc2ccc3c(n2)N(C2CCOCC2)[C@H](C)C(=O)N3C)c(C)c1. The molecule has 0 radical (unpaired) electrons. The molecule has 0 saturated carbocycles. The van der Waals surface area contributed by atoms with Gasteiger partial charge in [0.25, 0.3) is 0 Å². The predicted molar refractivity (Wildman–Crippen MR) is 119 cm³/mol. The summed E-state index contributed by atoms with van der Waals surface area (Å²) in [4.78, 5) is 33.4. The van der Waals surface area contributed by atoms with Crippen LogP contribution < -0.4 is 15.1 Å². The molecule has 0 bridgehead atoms. The van der Waals surface area contributed by atoms with E-state index < -0.39 is 0 Å². The number of amides is 1. The van der Waals surface area contributed by atoms with Crippen molar-refractivity contribution in [3.05, 3.63) is 41.5 Å². The maximum atomic E-state index is 12.8. The maximum absolute atomic E-state index is 12.8. The van der Waals surface area contributed by atoms with Crippen molar-refractivity contribution in [2.24, 2.45) is 0 Å². The Bertz CT molecular complexity index is 1000. The van der Waals surface area contributed by atoms with Gasteiger partial charge in [0.15, 0.2) is 5.82 Å². The van der Waals surface area contributed by atoms with Gasteiger partial charge in [0.1, 0.15) is 11.9 Å². The number of anilines is 4. The second-order valence-electron chi connectivity index (χ2n) is 8.01. The van der Waals surface area contributed by atoms with E-state index in [1.165, 1.54) is 7.11 Å². The Balaban J connectivity index is 1.67. The molecule has 0 aliphatic carbocycles. The number of likely N-dealkylation sites (N-methyl/N-ethyl adjacent to an activating group) is 1. The highest BCUT2D eigenvalue weighted by atomic mass is 16.5. The van der Waals surface area contributed by atoms with Crippen molar-refractivity contribution in [1.82, 2.24) is 4.98 Å². The molecule has 3 heterocycles. The number of fused-ring (bicyclic) bond motifs is 1. The number of carbonyl (C=O) groups excluding carboxylic acids is 2. The first-order chi connectivity index (χ1) is 14.9. The van der Waals surface area contributed by atoms with Gasteiger partial charge in [0.05, 0.1) is 18.4 Å². The first-order valence-corrected chi connectivity index (χ1v) is 10.5. The fraction of sp³-hybridized carbons (Fsp3) is 0.435. The summed E-state index contributed by atoms with van der Waals surface area (Å²) >= 11 is 0. The third-order valence-corrected chi connectivity index (χ3v) is 6.06. The highest BCUT2D eigenvalue weighted by Gasteiger charge is 2.39. The van der Waals surface area contributed by atoms with Crippen molar-refractivity contribution in [2.75, 3.05) is 42.5 Å². The molecule has 8 heteroatoms. The number of benzene rings is 1. The molecule has 1 atom stereocenters. The van der Waals surface area contributed by atoms with Crippen molar-refractivity contribution in [3.63, 3.8) is 0 Å². The summed E-state index contributed by atoms with van der Waals surface area (Å²) in [6.45, 7) is 5.25. The number of carbonyl (C=O) groups is 2. The second kappa shape index (κ2) is 8.55. The van der Waals surface area contributed by atoms with E-state index >= 15 is 0 Å². The number of nitrogens with zero attached hydrogens (tertiary/aromatic N) is 3. The van der Waals surface area contributed by atoms with Crippen molar-refractivity contribution in [3.8, 4) is 0 Å². The molecule has 0 spiro atoms. The summed E-state index contributed by atoms with van der Waals surface area (Å²) in [5.74, 6) is 1.18. The van der Waals surface area contributed by atoms with Crippen molar-refractivity contribution >= 4 is 34.9 Å². The molecule has 1 amide bonds. The largest absolute Gasteiger partial charge is 0.465 e. The molecule has 2 aliphatic rings. The predicted octanol–water partition coefficient (Wildman–Crippen LogP) is 3.27. The Hall–Kier alpha value is -3.13. The number of rotatable bonds is 4. The number of nitrogens with one attached hydrogen (secondary N) is 1. The van der Waals surface area contributed by atoms with Gasteiger partial charge in [-0.25, -0.2) is 9.78 Å². The van der Waals surface area contributed by atoms with Crippen LogP contribution in [0.15, 0.2) is 30.3 Å². The van der Waals surface area contributed by atoms with Crippen LogP contribution in [0, 0.1) is 6.92 Å². The lowest BCUT2D eigenvalue weighted by atomic mass is 10.0. The van der Waals surface area contributed by atoms with Crippen LogP contribution in [-0.4, -0.2) is 56.3 Å². The Morgan fingerprint density at radius 3 is 2.65 bits per heavy atom. The number of methoxy groups -OCH3 is 1. The third-order valence-electron chi connectivity index (χ3n) is 6.06. The molecular formula is C23H28N4O4. The van der Waals surface area contributed by atoms with Gasteiger partial charge in [-0.05, 0) is 62.6 Å². The average Bonchev–Trinajstić information content (AvgIpc) is 2.79. The molecule has 8 nitrogen and oxygen atoms in total. The average molecular weight is 425 g/mol. The first kappa shape index (κ1) is 21.1. The number of esters is 1. The summed E-state index contributed by atoms with van der Waals surface area (Å²) in [6.07, 6.45) is 1.74. The molecule has 2 aliphatic heterocycles. The minimum absolute atomic E-state index is 0.0655. The minimum Gasteiger partial charge on any atom is -0.465 e. The molecular weight excluding hydrogens is 396 g/mol. The van der Waals surface area contributed by atoms with Crippen molar-refractivity contribution in [1.29, 1.82) is 0 Å². The molecule has 4 rings (SSSR count). The zero-order valence-electron chi connectivity index (χ0n) is 18.3. The smallest absolute Gasteiger partial charge is 0.337 e. The van der Waals surface area contributed by atoms with Gasteiger partial charge >= 0.3 is 5.97 Å². The standard InChI is InChI=1S/C23H28N4O4/c1-14-13-16(23(29)30-4)5-6-18(14)24-20-8-7-19-21(25-20)27(15(2)22(28)26(19)3)17-9-11-31-12-10-17/h5-8,13,15,17H,9-12H2,1-4H3,(H,24,25)/t15-/m1/s1. The Morgan fingerprint density at radius 1 is 1.23 bits per heavy atom. The number of aromatic nitrogens is 1. The molecule has 1 fully saturated rings. The van der Waals surface area contributed by atoms with Gasteiger partial charge in [-0.2, -0.15) is 0 Å². The van der Waals surface area contributed by atoms with E-state index in [9.17, 15) is 9.59 Å². The third kappa shape index (κ3) is 3.95. The lowest BCUT2D eigenvalue weighted by Gasteiger charge is -2.44. The van der Waals surface area contributed by atoms with E-state index in [1.54, 1.807) is 24.1 Å². The lowest BCUT2D eigenvalue weighted by molar-refractivity contribution is -0.119. The molecule has 2 aromatic rings. The Kier molecular flexibility index (Phi) is 5.82. The molecule has 1 aromatic heterocycles. The summed E-state index contributed by atoms with van der Waals surface area (Å²) in [7, 11) is 3.16. The van der Waals surface area contributed by atoms with E-state index in [-0.39, 0.29) is 24.0 Å². The molecule has 31 heavy (non-hydrogen) atoms. The number of hydrogen-bond donors (Lipinski definition) is 1. The van der Waals surface area contributed by atoms with Crippen molar-refractivity contribution < 1.29 is 19.1 Å². The summed E-state index contributed by atoms with van der Waals surface area (Å²) in [6, 6.07) is 9.08. The monoisotopic (exact) mass is 424 g/mol. The van der Waals surface area contributed by atoms with E-state index in [4.69, 9.17) is 14.5 Å². The lowest BCUT2D eigenvalue weighted by Crippen LogP contribution is -2.56. The molecule has 1 saturated heterocycles. The summed E-state index contributed by atoms with van der Waals surface area (Å²) < 4.78 is 10.3. The topological polar surface area (TPSA) is 84.0 Å². The Morgan fingerprint density at radius 2 is 1.97 bits per heavy atom. The zero-order chi connectivity index (χ0) is 22.1. The first-order valence-electron chi connectivity index (χ1n) is 10.5. The van der Waals surface area contributed by atoms with Crippen molar-refractivity contribution in [2.45, 2.75) is 38.8 Å². The van der Waals surface area contributed by atoms with Crippen LogP contribution in [0.2, 0.25) is 0 Å². The summed E-state index contributed by atoms with van der Waals surface area (Å²) in [5, 5.41) is 3.35. The number of hydrogen-bond acceptors (Lipinski definition) is 7. The number of pyridine rings is 1. The minimum atomic E-state index is -0.365.